The summed E-state index contributed by atoms with van der Waals surface area (Å²) in [4.78, 5) is 15.3. The Hall–Kier alpha value is -2.00. The number of halogens is 1. The fourth-order valence-electron chi connectivity index (χ4n) is 4.84. The number of allylic oxidation sites excluding steroid dienone is 1. The lowest BCUT2D eigenvalue weighted by molar-refractivity contribution is -0.376. The van der Waals surface area contributed by atoms with Crippen LogP contribution < -0.4 is 0 Å². The van der Waals surface area contributed by atoms with Gasteiger partial charge in [0, 0.05) is 42.4 Å². The fraction of sp³-hybridized carbons (Fsp3) is 0.538. The number of nitrogens with zero attached hydrogens (tertiary/aromatic N) is 3. The van der Waals surface area contributed by atoms with E-state index in [1.54, 1.807) is 12.1 Å². The predicted octanol–water partition coefficient (Wildman–Crippen LogP) is 4.32. The molecule has 5 rings (SSSR count). The third kappa shape index (κ3) is 5.46. The predicted molar refractivity (Wildman–Crippen MR) is 130 cm³/mol. The van der Waals surface area contributed by atoms with E-state index in [4.69, 9.17) is 22.1 Å². The fourth-order valence-corrected chi connectivity index (χ4v) is 5.14. The van der Waals surface area contributed by atoms with Gasteiger partial charge in [0.2, 0.25) is 0 Å². The zero-order valence-electron chi connectivity index (χ0n) is 19.5. The zero-order valence-corrected chi connectivity index (χ0v) is 20.4. The molecule has 2 atom stereocenters. The van der Waals surface area contributed by atoms with Gasteiger partial charge in [-0.15, -0.1) is 0 Å². The van der Waals surface area contributed by atoms with Gasteiger partial charge in [-0.3, -0.25) is 14.4 Å². The second-order valence-electron chi connectivity index (χ2n) is 9.53. The van der Waals surface area contributed by atoms with Crippen molar-refractivity contribution in [2.75, 3.05) is 13.1 Å². The molecule has 0 amide bonds. The zero-order chi connectivity index (χ0) is 23.7. The molecular formula is C26H32FN3O3S. The van der Waals surface area contributed by atoms with Crippen molar-refractivity contribution in [1.82, 2.24) is 14.7 Å². The molecule has 2 unspecified atom stereocenters. The van der Waals surface area contributed by atoms with Crippen molar-refractivity contribution in [3.8, 4) is 0 Å². The third-order valence-corrected chi connectivity index (χ3v) is 7.49. The Morgan fingerprint density at radius 3 is 2.82 bits per heavy atom. The summed E-state index contributed by atoms with van der Waals surface area (Å²) in [5.74, 6) is -0.101. The molecule has 6 nitrogen and oxygen atoms in total. The van der Waals surface area contributed by atoms with Crippen LogP contribution in [0.15, 0.2) is 48.3 Å². The minimum absolute atomic E-state index is 0.0622. The molecule has 3 fully saturated rings. The number of ether oxygens (including phenoxy) is 2. The number of piperidine rings is 1. The van der Waals surface area contributed by atoms with E-state index in [-0.39, 0.29) is 35.3 Å². The summed E-state index contributed by atoms with van der Waals surface area (Å²) in [6, 6.07) is 6.15. The topological polar surface area (TPSA) is 56.6 Å². The summed E-state index contributed by atoms with van der Waals surface area (Å²) in [5.41, 5.74) is 2.79. The quantitative estimate of drug-likeness (QED) is 0.423. The van der Waals surface area contributed by atoms with Gasteiger partial charge < -0.3 is 9.47 Å². The van der Waals surface area contributed by atoms with Crippen LogP contribution in [-0.4, -0.2) is 51.4 Å². The van der Waals surface area contributed by atoms with Crippen LogP contribution in [0, 0.1) is 11.7 Å². The number of aryl methyl sites for hydroxylation is 1. The largest absolute Gasteiger partial charge is 0.324 e. The smallest absolute Gasteiger partial charge is 0.164 e. The Balaban J connectivity index is 1.25. The number of benzene rings is 1. The van der Waals surface area contributed by atoms with E-state index >= 15 is 0 Å². The number of carbonyl (C=O) groups excluding carboxylic acids is 1. The standard InChI is InChI=1S/C26H32FN3O3S/c1-17-32-24(33-17)9-6-18-14-28-30(15-18)13-10-20-16-29(12-11-23(20)34)25(26(31)19-7-8-19)21-4-2-3-5-22(21)27/h2-5,10,14-15,17,19,23-25,34H,6-9,11-13,16H2,1H3/b20-10+. The van der Waals surface area contributed by atoms with Crippen LogP contribution in [0.25, 0.3) is 0 Å². The van der Waals surface area contributed by atoms with Crippen molar-refractivity contribution in [1.29, 1.82) is 0 Å². The number of rotatable bonds is 9. The van der Waals surface area contributed by atoms with Crippen molar-refractivity contribution in [2.45, 2.75) is 69.4 Å². The van der Waals surface area contributed by atoms with Gasteiger partial charge in [0.05, 0.1) is 18.8 Å². The van der Waals surface area contributed by atoms with E-state index in [2.05, 4.69) is 16.1 Å². The first-order chi connectivity index (χ1) is 16.5. The van der Waals surface area contributed by atoms with E-state index in [1.165, 1.54) is 6.07 Å². The molecule has 1 aromatic heterocycles. The van der Waals surface area contributed by atoms with Crippen LogP contribution in [0.2, 0.25) is 0 Å². The maximum Gasteiger partial charge on any atom is 0.164 e. The Bertz CT molecular complexity index is 1050. The summed E-state index contributed by atoms with van der Waals surface area (Å²) in [5, 5.41) is 4.61. The number of hydrogen-bond donors (Lipinski definition) is 1. The van der Waals surface area contributed by atoms with Crippen molar-refractivity contribution < 1.29 is 18.7 Å². The second kappa shape index (κ2) is 10.3. The Morgan fingerprint density at radius 2 is 2.09 bits per heavy atom. The number of aromatic nitrogens is 2. The van der Waals surface area contributed by atoms with Crippen LogP contribution in [0.1, 0.15) is 49.8 Å². The van der Waals surface area contributed by atoms with Crippen molar-refractivity contribution in [2.24, 2.45) is 5.92 Å². The molecule has 0 spiro atoms. The summed E-state index contributed by atoms with van der Waals surface area (Å²) >= 11 is 4.80. The SMILES string of the molecule is CC1OC(CCc2cnn(C/C=C3\CN(C(C(=O)C4CC4)c4ccccc4F)CCC3S)c2)O1. The van der Waals surface area contributed by atoms with Gasteiger partial charge in [0.1, 0.15) is 5.82 Å². The maximum absolute atomic E-state index is 14.7. The lowest BCUT2D eigenvalue weighted by Gasteiger charge is -2.37. The van der Waals surface area contributed by atoms with Gasteiger partial charge in [-0.25, -0.2) is 4.39 Å². The highest BCUT2D eigenvalue weighted by Gasteiger charge is 2.40. The molecular weight excluding hydrogens is 453 g/mol. The lowest BCUT2D eigenvalue weighted by atomic mass is 9.93. The first-order valence-corrected chi connectivity index (χ1v) is 12.7. The number of carbonyl (C=O) groups is 1. The average molecular weight is 486 g/mol. The molecule has 0 N–H and O–H groups in total. The van der Waals surface area contributed by atoms with E-state index in [1.807, 2.05) is 30.1 Å². The van der Waals surface area contributed by atoms with Crippen LogP contribution in [-0.2, 0) is 27.2 Å². The lowest BCUT2D eigenvalue weighted by Crippen LogP contribution is -2.42. The third-order valence-electron chi connectivity index (χ3n) is 6.90. The molecule has 2 aromatic rings. The maximum atomic E-state index is 14.7. The molecule has 0 radical (unpaired) electrons. The molecule has 1 aliphatic carbocycles. The highest BCUT2D eigenvalue weighted by Crippen LogP contribution is 2.39. The molecule has 0 bridgehead atoms. The number of Topliss-reactive ketones (excluding diaryl/α,β-unsaturated/α-hetero) is 1. The second-order valence-corrected chi connectivity index (χ2v) is 10.2. The van der Waals surface area contributed by atoms with Crippen molar-refractivity contribution >= 4 is 18.4 Å². The molecule has 1 aromatic carbocycles. The first-order valence-electron chi connectivity index (χ1n) is 12.2. The minimum atomic E-state index is -0.534. The molecule has 3 aliphatic rings. The van der Waals surface area contributed by atoms with Gasteiger partial charge in [-0.05, 0) is 49.8 Å². The van der Waals surface area contributed by atoms with E-state index in [0.29, 0.717) is 18.7 Å². The number of ketones is 1. The Morgan fingerprint density at radius 1 is 1.29 bits per heavy atom. The number of hydrogen-bond acceptors (Lipinski definition) is 6. The van der Waals surface area contributed by atoms with Gasteiger partial charge in [-0.2, -0.15) is 17.7 Å². The summed E-state index contributed by atoms with van der Waals surface area (Å²) < 4.78 is 27.6. The van der Waals surface area contributed by atoms with Gasteiger partial charge in [-0.1, -0.05) is 24.3 Å². The van der Waals surface area contributed by atoms with Gasteiger partial charge in [0.25, 0.3) is 0 Å². The molecule has 8 heteroatoms. The molecule has 2 saturated heterocycles. The van der Waals surface area contributed by atoms with E-state index < -0.39 is 6.04 Å². The summed E-state index contributed by atoms with van der Waals surface area (Å²) in [6.45, 7) is 3.85. The van der Waals surface area contributed by atoms with E-state index in [0.717, 1.165) is 49.8 Å². The van der Waals surface area contributed by atoms with Crippen LogP contribution in [0.3, 0.4) is 0 Å². The molecule has 34 heavy (non-hydrogen) atoms. The number of thiol groups is 1. The first kappa shape index (κ1) is 23.7. The Labute approximate surface area is 205 Å². The summed E-state index contributed by atoms with van der Waals surface area (Å²) in [7, 11) is 0. The highest BCUT2D eigenvalue weighted by atomic mass is 32.1. The van der Waals surface area contributed by atoms with Crippen LogP contribution in [0.5, 0.6) is 0 Å². The molecule has 3 heterocycles. The summed E-state index contributed by atoms with van der Waals surface area (Å²) in [6.07, 6.45) is 10.2. The number of likely N-dealkylation sites (tertiary alicyclic amines) is 1. The molecule has 182 valence electrons. The van der Waals surface area contributed by atoms with Crippen molar-refractivity contribution in [3.05, 3.63) is 65.3 Å². The minimum Gasteiger partial charge on any atom is -0.324 e. The van der Waals surface area contributed by atoms with Gasteiger partial charge >= 0.3 is 0 Å². The van der Waals surface area contributed by atoms with Crippen LogP contribution in [0.4, 0.5) is 4.39 Å². The Kier molecular flexibility index (Phi) is 7.20. The van der Waals surface area contributed by atoms with E-state index in [9.17, 15) is 9.18 Å². The average Bonchev–Trinajstić information content (AvgIpc) is 3.56. The normalized spacial score (nSPS) is 27.5. The molecule has 1 saturated carbocycles. The van der Waals surface area contributed by atoms with Crippen molar-refractivity contribution in [3.63, 3.8) is 0 Å². The van der Waals surface area contributed by atoms with Gasteiger partial charge in [0.15, 0.2) is 18.4 Å². The monoisotopic (exact) mass is 485 g/mol. The van der Waals surface area contributed by atoms with Crippen LogP contribution >= 0.6 is 12.6 Å². The molecule has 2 aliphatic heterocycles. The highest BCUT2D eigenvalue weighted by molar-refractivity contribution is 7.81.